The Balaban J connectivity index is 1.38. The Morgan fingerprint density at radius 2 is 2.06 bits per heavy atom. The van der Waals surface area contributed by atoms with E-state index in [0.717, 1.165) is 89.3 Å². The molecule has 2 heterocycles. The van der Waals surface area contributed by atoms with E-state index in [0.29, 0.717) is 12.5 Å². The smallest absolute Gasteiger partial charge is 0.223 e. The Hall–Kier alpha value is -2.05. The summed E-state index contributed by atoms with van der Waals surface area (Å²) in [5.41, 5.74) is 1.39. The fourth-order valence-electron chi connectivity index (χ4n) is 4.37. The predicted octanol–water partition coefficient (Wildman–Crippen LogP) is 4.09. The van der Waals surface area contributed by atoms with E-state index in [9.17, 15) is 4.79 Å². The summed E-state index contributed by atoms with van der Waals surface area (Å²) < 4.78 is 11.7. The maximum absolute atomic E-state index is 12.1. The van der Waals surface area contributed by atoms with Gasteiger partial charge in [-0.2, -0.15) is 0 Å². The van der Waals surface area contributed by atoms with E-state index in [4.69, 9.17) is 9.47 Å². The average Bonchev–Trinajstić information content (AvgIpc) is 2.98. The first kappa shape index (κ1) is 23.6. The second-order valence-corrected chi connectivity index (χ2v) is 8.64. The molecule has 1 N–H and O–H groups in total. The van der Waals surface area contributed by atoms with Crippen molar-refractivity contribution >= 4 is 5.91 Å². The Labute approximate surface area is 187 Å². The topological polar surface area (TPSA) is 54.0 Å². The van der Waals surface area contributed by atoms with Crippen LogP contribution in [-0.2, 0) is 14.3 Å². The summed E-state index contributed by atoms with van der Waals surface area (Å²) in [5.74, 6) is 2.08. The van der Waals surface area contributed by atoms with Gasteiger partial charge in [-0.15, -0.1) is 0 Å². The molecule has 172 valence electrons. The van der Waals surface area contributed by atoms with Crippen molar-refractivity contribution in [3.63, 3.8) is 0 Å². The van der Waals surface area contributed by atoms with Crippen molar-refractivity contribution in [2.75, 3.05) is 39.3 Å². The maximum Gasteiger partial charge on any atom is 0.223 e. The summed E-state index contributed by atoms with van der Waals surface area (Å²) in [4.78, 5) is 16.6. The number of unbranched alkanes of at least 4 members (excludes halogenated alkanes) is 1. The van der Waals surface area contributed by atoms with Gasteiger partial charge >= 0.3 is 0 Å². The fourth-order valence-corrected chi connectivity index (χ4v) is 4.37. The third-order valence-electron chi connectivity index (χ3n) is 6.24. The summed E-state index contributed by atoms with van der Waals surface area (Å²) >= 11 is 0. The molecule has 3 aliphatic rings. The van der Waals surface area contributed by atoms with Crippen LogP contribution in [0.4, 0.5) is 0 Å². The minimum absolute atomic E-state index is 0.288. The molecule has 2 aliphatic heterocycles. The molecule has 1 unspecified atom stereocenters. The van der Waals surface area contributed by atoms with Gasteiger partial charge in [-0.3, -0.25) is 4.79 Å². The molecule has 1 fully saturated rings. The lowest BCUT2D eigenvalue weighted by atomic mass is 10.0. The maximum atomic E-state index is 12.1. The van der Waals surface area contributed by atoms with E-state index < -0.39 is 0 Å². The molecule has 31 heavy (non-hydrogen) atoms. The third-order valence-corrected chi connectivity index (χ3v) is 6.24. The second kappa shape index (κ2) is 12.7. The molecule has 1 aliphatic carbocycles. The minimum atomic E-state index is 0.288. The normalized spacial score (nSPS) is 20.4. The molecule has 1 atom stereocenters. The average molecular weight is 430 g/mol. The summed E-state index contributed by atoms with van der Waals surface area (Å²) in [7, 11) is 0. The van der Waals surface area contributed by atoms with Gasteiger partial charge in [0.15, 0.2) is 0 Å². The molecule has 0 aromatic rings. The molecule has 0 aromatic carbocycles. The molecule has 0 saturated carbocycles. The van der Waals surface area contributed by atoms with Crippen molar-refractivity contribution in [2.24, 2.45) is 0 Å². The molecule has 1 saturated heterocycles. The molecular formula is C25H39N3O3. The van der Waals surface area contributed by atoms with Gasteiger partial charge in [-0.1, -0.05) is 30.7 Å². The van der Waals surface area contributed by atoms with E-state index in [2.05, 4.69) is 42.3 Å². The van der Waals surface area contributed by atoms with Crippen LogP contribution < -0.4 is 5.32 Å². The highest BCUT2D eigenvalue weighted by atomic mass is 16.5. The van der Waals surface area contributed by atoms with Crippen LogP contribution in [0.25, 0.3) is 0 Å². The first-order valence-electron chi connectivity index (χ1n) is 11.9. The number of hydrogen-bond acceptors (Lipinski definition) is 5. The number of nitrogens with zero attached hydrogens (tertiary/aromatic N) is 2. The highest BCUT2D eigenvalue weighted by Gasteiger charge is 2.19. The molecular weight excluding hydrogens is 390 g/mol. The quantitative estimate of drug-likeness (QED) is 0.502. The molecule has 0 aromatic heterocycles. The summed E-state index contributed by atoms with van der Waals surface area (Å²) in [5, 5.41) is 3.30. The van der Waals surface area contributed by atoms with Gasteiger partial charge in [0.25, 0.3) is 0 Å². The largest absolute Gasteiger partial charge is 0.466 e. The second-order valence-electron chi connectivity index (χ2n) is 8.64. The SMILES string of the molecule is CCN(CCCCN1CCNCCC1=O)C(C)CC1=COC=C(CC2=CC=CCC2)O1. The molecule has 0 spiro atoms. The number of hydrogen-bond donors (Lipinski definition) is 1. The number of carbonyl (C=O) groups is 1. The van der Waals surface area contributed by atoms with Crippen molar-refractivity contribution in [1.29, 1.82) is 0 Å². The fraction of sp³-hybridized carbons (Fsp3) is 0.640. The van der Waals surface area contributed by atoms with Gasteiger partial charge < -0.3 is 24.6 Å². The van der Waals surface area contributed by atoms with Crippen LogP contribution in [0.2, 0.25) is 0 Å². The Morgan fingerprint density at radius 1 is 1.19 bits per heavy atom. The lowest BCUT2D eigenvalue weighted by molar-refractivity contribution is -0.130. The Morgan fingerprint density at radius 3 is 2.87 bits per heavy atom. The minimum Gasteiger partial charge on any atom is -0.466 e. The van der Waals surface area contributed by atoms with Crippen LogP contribution in [0, 0.1) is 0 Å². The molecule has 6 nitrogen and oxygen atoms in total. The number of ether oxygens (including phenoxy) is 2. The molecule has 1 amide bonds. The lowest BCUT2D eigenvalue weighted by Gasteiger charge is -2.29. The zero-order valence-corrected chi connectivity index (χ0v) is 19.3. The summed E-state index contributed by atoms with van der Waals surface area (Å²) in [6, 6.07) is 0.375. The molecule has 0 bridgehead atoms. The number of amides is 1. The van der Waals surface area contributed by atoms with Crippen LogP contribution in [0.5, 0.6) is 0 Å². The predicted molar refractivity (Wildman–Crippen MR) is 124 cm³/mol. The number of nitrogens with one attached hydrogen (secondary N) is 1. The third kappa shape index (κ3) is 7.86. The molecule has 0 radical (unpaired) electrons. The highest BCUT2D eigenvalue weighted by Crippen LogP contribution is 2.26. The van der Waals surface area contributed by atoms with Crippen LogP contribution in [0.15, 0.2) is 47.8 Å². The van der Waals surface area contributed by atoms with Gasteiger partial charge in [0.05, 0.1) is 0 Å². The van der Waals surface area contributed by atoms with Crippen molar-refractivity contribution in [2.45, 2.75) is 64.8 Å². The van der Waals surface area contributed by atoms with Crippen molar-refractivity contribution in [3.8, 4) is 0 Å². The van der Waals surface area contributed by atoms with E-state index in [1.54, 1.807) is 12.5 Å². The Bertz CT molecular complexity index is 711. The van der Waals surface area contributed by atoms with Gasteiger partial charge in [0.1, 0.15) is 24.0 Å². The monoisotopic (exact) mass is 429 g/mol. The number of rotatable bonds is 11. The summed E-state index contributed by atoms with van der Waals surface area (Å²) in [6.45, 7) is 9.92. The zero-order valence-electron chi connectivity index (χ0n) is 19.3. The Kier molecular flexibility index (Phi) is 9.69. The molecule has 6 heteroatoms. The first-order chi connectivity index (χ1) is 15.2. The van der Waals surface area contributed by atoms with Crippen LogP contribution in [0.1, 0.15) is 58.8 Å². The van der Waals surface area contributed by atoms with Gasteiger partial charge in [0.2, 0.25) is 5.91 Å². The van der Waals surface area contributed by atoms with Gasteiger partial charge in [-0.05, 0) is 45.7 Å². The van der Waals surface area contributed by atoms with E-state index in [-0.39, 0.29) is 5.91 Å². The van der Waals surface area contributed by atoms with Crippen molar-refractivity contribution in [3.05, 3.63) is 47.8 Å². The van der Waals surface area contributed by atoms with Crippen molar-refractivity contribution in [1.82, 2.24) is 15.1 Å². The number of carbonyl (C=O) groups excluding carboxylic acids is 1. The van der Waals surface area contributed by atoms with Gasteiger partial charge in [0, 0.05) is 51.5 Å². The van der Waals surface area contributed by atoms with Gasteiger partial charge in [-0.25, -0.2) is 0 Å². The first-order valence-corrected chi connectivity index (χ1v) is 11.9. The van der Waals surface area contributed by atoms with Crippen LogP contribution in [0.3, 0.4) is 0 Å². The zero-order chi connectivity index (χ0) is 21.9. The van der Waals surface area contributed by atoms with E-state index in [1.165, 1.54) is 5.57 Å². The van der Waals surface area contributed by atoms with E-state index in [1.807, 2.05) is 4.90 Å². The van der Waals surface area contributed by atoms with E-state index >= 15 is 0 Å². The number of allylic oxidation sites excluding steroid dienone is 4. The standard InChI is InChI=1S/C25H39N3O3/c1-3-27(14-7-8-15-28-16-13-26-12-11-25(28)29)21(2)17-23-19-30-20-24(31-23)18-22-9-5-4-6-10-22/h4-5,9,19-21,26H,3,6-8,10-18H2,1-2H3. The lowest BCUT2D eigenvalue weighted by Crippen LogP contribution is -2.36. The van der Waals surface area contributed by atoms with Crippen LogP contribution >= 0.6 is 0 Å². The highest BCUT2D eigenvalue weighted by molar-refractivity contribution is 5.76. The van der Waals surface area contributed by atoms with Crippen molar-refractivity contribution < 1.29 is 14.3 Å². The summed E-state index contributed by atoms with van der Waals surface area (Å²) in [6.07, 6.45) is 16.6. The molecule has 3 rings (SSSR count). The van der Waals surface area contributed by atoms with Crippen LogP contribution in [-0.4, -0.2) is 61.0 Å².